The summed E-state index contributed by atoms with van der Waals surface area (Å²) in [4.78, 5) is 34.4. The molecule has 0 spiro atoms. The summed E-state index contributed by atoms with van der Waals surface area (Å²) in [5, 5.41) is 12.9. The summed E-state index contributed by atoms with van der Waals surface area (Å²) in [5.41, 5.74) is -1.48. The van der Waals surface area contributed by atoms with Gasteiger partial charge in [0.15, 0.2) is 0 Å². The van der Waals surface area contributed by atoms with Crippen LogP contribution in [-0.2, 0) is 22.1 Å². The first-order chi connectivity index (χ1) is 13.1. The van der Waals surface area contributed by atoms with Crippen molar-refractivity contribution in [1.29, 1.82) is 0 Å². The highest BCUT2D eigenvalue weighted by Crippen LogP contribution is 2.31. The second-order valence-electron chi connectivity index (χ2n) is 5.72. The number of hydrogen-bond donors (Lipinski definition) is 1. The van der Waals surface area contributed by atoms with Gasteiger partial charge in [-0.15, -0.1) is 0 Å². The average molecular weight is 396 g/mol. The summed E-state index contributed by atoms with van der Waals surface area (Å²) in [5.74, 6) is -1.96. The number of nitrogens with zero attached hydrogens (tertiary/aromatic N) is 1. The van der Waals surface area contributed by atoms with Gasteiger partial charge in [-0.1, -0.05) is 24.3 Å². The van der Waals surface area contributed by atoms with Crippen LogP contribution in [0, 0.1) is 10.1 Å². The number of methoxy groups -OCH3 is 1. The van der Waals surface area contributed by atoms with Gasteiger partial charge >= 0.3 is 12.1 Å². The Hall–Kier alpha value is -3.43. The summed E-state index contributed by atoms with van der Waals surface area (Å²) in [6.07, 6.45) is -4.86. The van der Waals surface area contributed by atoms with Crippen molar-refractivity contribution in [2.75, 3.05) is 7.11 Å². The van der Waals surface area contributed by atoms with Crippen LogP contribution in [0.1, 0.15) is 21.5 Å². The number of alkyl halides is 3. The van der Waals surface area contributed by atoms with Crippen molar-refractivity contribution in [3.05, 3.63) is 75.3 Å². The minimum atomic E-state index is -4.74. The molecule has 0 radical (unpaired) electrons. The second kappa shape index (κ2) is 8.51. The number of carbonyl (C=O) groups is 2. The van der Waals surface area contributed by atoms with Gasteiger partial charge in [0.05, 0.1) is 23.2 Å². The van der Waals surface area contributed by atoms with Gasteiger partial charge in [-0.2, -0.15) is 13.2 Å². The van der Waals surface area contributed by atoms with E-state index in [0.717, 1.165) is 25.3 Å². The first-order valence-electron chi connectivity index (χ1n) is 7.91. The van der Waals surface area contributed by atoms with Gasteiger partial charge in [0.2, 0.25) is 0 Å². The van der Waals surface area contributed by atoms with Crippen LogP contribution in [0.15, 0.2) is 48.5 Å². The number of ether oxygens (including phenoxy) is 1. The van der Waals surface area contributed by atoms with E-state index in [4.69, 9.17) is 0 Å². The molecule has 0 saturated heterocycles. The van der Waals surface area contributed by atoms with Gasteiger partial charge in [0.25, 0.3) is 11.6 Å². The molecule has 1 atom stereocenters. The van der Waals surface area contributed by atoms with E-state index in [1.165, 1.54) is 30.3 Å². The fraction of sp³-hybridized carbons (Fsp3) is 0.222. The van der Waals surface area contributed by atoms with Crippen LogP contribution in [0.2, 0.25) is 0 Å². The van der Waals surface area contributed by atoms with E-state index in [2.05, 4.69) is 10.1 Å². The molecule has 0 saturated carbocycles. The van der Waals surface area contributed by atoms with Gasteiger partial charge in [-0.05, 0) is 17.7 Å². The molecule has 28 heavy (non-hydrogen) atoms. The predicted octanol–water partition coefficient (Wildman–Crippen LogP) is 3.13. The molecule has 0 bridgehead atoms. The first kappa shape index (κ1) is 20.9. The van der Waals surface area contributed by atoms with Crippen molar-refractivity contribution in [3.8, 4) is 0 Å². The van der Waals surface area contributed by atoms with E-state index in [1.54, 1.807) is 0 Å². The van der Waals surface area contributed by atoms with Gasteiger partial charge < -0.3 is 10.1 Å². The fourth-order valence-electron chi connectivity index (χ4n) is 2.49. The standard InChI is InChI=1S/C18H15F3N2O5/c1-28-17(25)15(10-11-6-8-12(9-7-11)23(26)27)22-16(24)13-4-2-3-5-14(13)18(19,20)21/h2-9,15H,10H2,1H3,(H,22,24)/t15-/m1/s1. The van der Waals surface area contributed by atoms with Crippen LogP contribution in [0.3, 0.4) is 0 Å². The quantitative estimate of drug-likeness (QED) is 0.460. The van der Waals surface area contributed by atoms with Crippen LogP contribution in [0.4, 0.5) is 18.9 Å². The van der Waals surface area contributed by atoms with E-state index in [0.29, 0.717) is 5.56 Å². The minimum absolute atomic E-state index is 0.120. The van der Waals surface area contributed by atoms with Crippen LogP contribution in [0.25, 0.3) is 0 Å². The molecule has 148 valence electrons. The zero-order valence-electron chi connectivity index (χ0n) is 14.5. The Morgan fingerprint density at radius 1 is 1.14 bits per heavy atom. The molecule has 0 aromatic heterocycles. The van der Waals surface area contributed by atoms with Crippen molar-refractivity contribution in [2.24, 2.45) is 0 Å². The SMILES string of the molecule is COC(=O)[C@@H](Cc1ccc([N+](=O)[O-])cc1)NC(=O)c1ccccc1C(F)(F)F. The normalized spacial score (nSPS) is 12.1. The molecule has 7 nitrogen and oxygen atoms in total. The number of non-ortho nitro benzene ring substituents is 1. The van der Waals surface area contributed by atoms with Crippen LogP contribution in [-0.4, -0.2) is 30.0 Å². The van der Waals surface area contributed by atoms with E-state index in [-0.39, 0.29) is 12.1 Å². The third kappa shape index (κ3) is 5.06. The summed E-state index contributed by atoms with van der Waals surface area (Å²) in [6.45, 7) is 0. The lowest BCUT2D eigenvalue weighted by molar-refractivity contribution is -0.384. The molecule has 0 heterocycles. The molecule has 0 unspecified atom stereocenters. The first-order valence-corrected chi connectivity index (χ1v) is 7.91. The Morgan fingerprint density at radius 3 is 2.29 bits per heavy atom. The van der Waals surface area contributed by atoms with E-state index < -0.39 is 40.1 Å². The minimum Gasteiger partial charge on any atom is -0.467 e. The van der Waals surface area contributed by atoms with Gasteiger partial charge in [0, 0.05) is 18.6 Å². The molecular weight excluding hydrogens is 381 g/mol. The van der Waals surface area contributed by atoms with Crippen LogP contribution >= 0.6 is 0 Å². The van der Waals surface area contributed by atoms with Crippen LogP contribution in [0.5, 0.6) is 0 Å². The summed E-state index contributed by atoms with van der Waals surface area (Å²) >= 11 is 0. The molecule has 0 aliphatic heterocycles. The number of hydrogen-bond acceptors (Lipinski definition) is 5. The lowest BCUT2D eigenvalue weighted by Gasteiger charge is -2.18. The Morgan fingerprint density at radius 2 is 1.75 bits per heavy atom. The molecule has 2 rings (SSSR count). The monoisotopic (exact) mass is 396 g/mol. The molecular formula is C18H15F3N2O5. The number of carbonyl (C=O) groups excluding carboxylic acids is 2. The van der Waals surface area contributed by atoms with E-state index in [9.17, 15) is 32.9 Å². The Kier molecular flexibility index (Phi) is 6.34. The molecule has 2 aromatic rings. The maximum Gasteiger partial charge on any atom is 0.417 e. The lowest BCUT2D eigenvalue weighted by atomic mass is 10.0. The topological polar surface area (TPSA) is 98.5 Å². The molecule has 0 aliphatic carbocycles. The maximum atomic E-state index is 13.1. The molecule has 1 N–H and O–H groups in total. The van der Waals surface area contributed by atoms with Crippen molar-refractivity contribution in [2.45, 2.75) is 18.6 Å². The molecule has 1 amide bonds. The molecule has 10 heteroatoms. The largest absolute Gasteiger partial charge is 0.467 e. The Bertz CT molecular complexity index is 882. The highest BCUT2D eigenvalue weighted by Gasteiger charge is 2.35. The number of nitro benzene ring substituents is 1. The number of benzene rings is 2. The summed E-state index contributed by atoms with van der Waals surface area (Å²) in [7, 11) is 1.07. The smallest absolute Gasteiger partial charge is 0.417 e. The highest BCUT2D eigenvalue weighted by molar-refractivity contribution is 5.98. The van der Waals surface area contributed by atoms with Crippen molar-refractivity contribution in [3.63, 3.8) is 0 Å². The lowest BCUT2D eigenvalue weighted by Crippen LogP contribution is -2.43. The second-order valence-corrected chi connectivity index (χ2v) is 5.72. The third-order valence-corrected chi connectivity index (χ3v) is 3.86. The molecule has 0 fully saturated rings. The Labute approximate surface area is 157 Å². The summed E-state index contributed by atoms with van der Waals surface area (Å²) < 4.78 is 43.9. The van der Waals surface area contributed by atoms with Gasteiger partial charge in [-0.25, -0.2) is 4.79 Å². The Balaban J connectivity index is 2.24. The fourth-order valence-corrected chi connectivity index (χ4v) is 2.49. The predicted molar refractivity (Wildman–Crippen MR) is 91.5 cm³/mol. The number of amides is 1. The van der Waals surface area contributed by atoms with Crippen molar-refractivity contribution in [1.82, 2.24) is 5.32 Å². The van der Waals surface area contributed by atoms with Crippen molar-refractivity contribution >= 4 is 17.6 Å². The number of nitro groups is 1. The zero-order valence-corrected chi connectivity index (χ0v) is 14.5. The maximum absolute atomic E-state index is 13.1. The average Bonchev–Trinajstić information content (AvgIpc) is 2.66. The van der Waals surface area contributed by atoms with Gasteiger partial charge in [-0.3, -0.25) is 14.9 Å². The number of halogens is 3. The number of esters is 1. The van der Waals surface area contributed by atoms with Gasteiger partial charge in [0.1, 0.15) is 6.04 Å². The summed E-state index contributed by atoms with van der Waals surface area (Å²) in [6, 6.07) is 8.08. The highest BCUT2D eigenvalue weighted by atomic mass is 19.4. The zero-order chi connectivity index (χ0) is 20.9. The molecule has 0 aliphatic rings. The van der Waals surface area contributed by atoms with E-state index >= 15 is 0 Å². The van der Waals surface area contributed by atoms with Crippen LogP contribution < -0.4 is 5.32 Å². The number of nitrogens with one attached hydrogen (secondary N) is 1. The number of rotatable bonds is 6. The molecule has 2 aromatic carbocycles. The van der Waals surface area contributed by atoms with Crippen molar-refractivity contribution < 1.29 is 32.4 Å². The van der Waals surface area contributed by atoms with E-state index in [1.807, 2.05) is 0 Å². The third-order valence-electron chi connectivity index (χ3n) is 3.86.